The number of hydrogen-bond donors (Lipinski definition) is 2. The predicted octanol–water partition coefficient (Wildman–Crippen LogP) is 10.8. The molecule has 0 aromatic heterocycles. The molecule has 1 saturated heterocycles. The van der Waals surface area contributed by atoms with Gasteiger partial charge in [0, 0.05) is 71.4 Å². The van der Waals surface area contributed by atoms with Crippen LogP contribution >= 0.6 is 0 Å². The van der Waals surface area contributed by atoms with Crippen molar-refractivity contribution in [3.8, 4) is 0 Å². The van der Waals surface area contributed by atoms with Gasteiger partial charge in [0.2, 0.25) is 0 Å². The number of hydrazine groups is 1. The molecule has 2 aliphatic heterocycles. The third kappa shape index (κ3) is 15.1. The van der Waals surface area contributed by atoms with Crippen LogP contribution in [0.4, 0.5) is 0 Å². The van der Waals surface area contributed by atoms with E-state index in [1.54, 1.807) is 0 Å². The maximum atomic E-state index is 12.2. The molecule has 1 amide bonds. The van der Waals surface area contributed by atoms with E-state index < -0.39 is 0 Å². The Labute approximate surface area is 325 Å². The van der Waals surface area contributed by atoms with Crippen molar-refractivity contribution in [3.63, 3.8) is 0 Å². The van der Waals surface area contributed by atoms with Crippen LogP contribution in [0, 0.1) is 32.5 Å². The largest absolute Gasteiger partial charge is 0.385 e. The third-order valence-electron chi connectivity index (χ3n) is 9.30. The van der Waals surface area contributed by atoms with Crippen LogP contribution in [0.1, 0.15) is 144 Å². The Morgan fingerprint density at radius 1 is 0.642 bits per heavy atom. The van der Waals surface area contributed by atoms with E-state index in [0.29, 0.717) is 35.7 Å². The Morgan fingerprint density at radius 3 is 1.42 bits per heavy atom. The summed E-state index contributed by atoms with van der Waals surface area (Å²) in [6, 6.07) is 0. The number of Topliss-reactive ketones (excluding diaryl/α,β-unsaturated/α-hetero) is 2. The normalized spacial score (nSPS) is 15.8. The van der Waals surface area contributed by atoms with Gasteiger partial charge in [-0.2, -0.15) is 5.06 Å². The number of carbonyl (C=O) groups excluding carboxylic acids is 3. The van der Waals surface area contributed by atoms with E-state index in [9.17, 15) is 19.6 Å². The molecule has 8 nitrogen and oxygen atoms in total. The van der Waals surface area contributed by atoms with Crippen molar-refractivity contribution in [3.05, 3.63) is 72.4 Å². The minimum Gasteiger partial charge on any atom is -0.385 e. The van der Waals surface area contributed by atoms with Crippen molar-refractivity contribution >= 4 is 17.5 Å². The molecule has 302 valence electrons. The van der Waals surface area contributed by atoms with E-state index in [2.05, 4.69) is 89.8 Å². The lowest BCUT2D eigenvalue weighted by Gasteiger charge is -2.39. The first-order valence-electron chi connectivity index (χ1n) is 18.9. The summed E-state index contributed by atoms with van der Waals surface area (Å²) < 4.78 is 0. The summed E-state index contributed by atoms with van der Waals surface area (Å²) in [5.74, 6) is 0.0921. The van der Waals surface area contributed by atoms with Gasteiger partial charge in [-0.1, -0.05) is 163 Å². The first-order chi connectivity index (χ1) is 23.4. The molecule has 2 rings (SSSR count). The fourth-order valence-corrected chi connectivity index (χ4v) is 5.26. The van der Waals surface area contributed by atoms with Gasteiger partial charge in [0.15, 0.2) is 0 Å². The molecule has 0 radical (unpaired) electrons. The fourth-order valence-electron chi connectivity index (χ4n) is 5.26. The molecule has 0 atom stereocenters. The number of hydroxylamine groups is 2. The molecule has 1 fully saturated rings. The highest BCUT2D eigenvalue weighted by Gasteiger charge is 2.43. The smallest absolute Gasteiger partial charge is 0.278 e. The second kappa shape index (κ2) is 17.8. The molecule has 2 heterocycles. The molecule has 53 heavy (non-hydrogen) atoms. The van der Waals surface area contributed by atoms with Gasteiger partial charge >= 0.3 is 0 Å². The molecule has 0 unspecified atom stereocenters. The minimum atomic E-state index is -0.345. The molecule has 2 N–H and O–H groups in total. The first kappa shape index (κ1) is 49.6. The Bertz CT molecular complexity index is 1420. The topological polar surface area (TPSA) is 93.2 Å². The molecule has 8 heteroatoms. The van der Waals surface area contributed by atoms with Crippen LogP contribution in [0.5, 0.6) is 0 Å². The first-order valence-corrected chi connectivity index (χ1v) is 18.9. The van der Waals surface area contributed by atoms with Gasteiger partial charge in [-0.15, -0.1) is 0 Å². The van der Waals surface area contributed by atoms with Crippen LogP contribution in [0.3, 0.4) is 0 Å². The van der Waals surface area contributed by atoms with Crippen molar-refractivity contribution in [1.82, 2.24) is 20.4 Å². The van der Waals surface area contributed by atoms with Gasteiger partial charge < -0.3 is 5.32 Å². The summed E-state index contributed by atoms with van der Waals surface area (Å²) in [5.41, 5.74) is 4.78. The molecular formula is C45H78N4O4. The number of rotatable bonds is 9. The highest BCUT2D eigenvalue weighted by atomic mass is 16.5. The van der Waals surface area contributed by atoms with E-state index in [0.717, 1.165) is 47.7 Å². The lowest BCUT2D eigenvalue weighted by molar-refractivity contribution is -0.150. The molecule has 0 bridgehead atoms. The Hall–Kier alpha value is -3.39. The second-order valence-corrected chi connectivity index (χ2v) is 20.7. The standard InChI is InChI=1S/C17H30N2O.C15H27NO.C13H21NO2/c1-13(12-15(20)17(6,7)8)18-10-9-11-19(18)14(2)16(3,4)5;1-11(14(3,4)5)10-16-12(2)9-13(17)15(6,7)8;1-8-9(12(2,3)4)10(13(5,6)7)11(15)14(8)16/h1-2,9-12H2,3-8H3;16H,1-2,9-10H2,3-8H3;16H,1H2,2-7H3. The minimum absolute atomic E-state index is 0.0247. The van der Waals surface area contributed by atoms with Crippen LogP contribution in [-0.2, 0) is 14.4 Å². The van der Waals surface area contributed by atoms with E-state index in [1.807, 2.05) is 83.1 Å². The van der Waals surface area contributed by atoms with Gasteiger partial charge in [-0.25, -0.2) is 0 Å². The average molecular weight is 739 g/mol. The van der Waals surface area contributed by atoms with E-state index >= 15 is 0 Å². The Balaban J connectivity index is 0.000000771. The van der Waals surface area contributed by atoms with Crippen LogP contribution < -0.4 is 5.32 Å². The summed E-state index contributed by atoms with van der Waals surface area (Å²) in [6.45, 7) is 59.1. The van der Waals surface area contributed by atoms with Crippen LogP contribution in [-0.4, -0.2) is 57.4 Å². The second-order valence-electron chi connectivity index (χ2n) is 20.7. The van der Waals surface area contributed by atoms with Gasteiger partial charge in [-0.05, 0) is 28.2 Å². The number of carbonyl (C=O) groups is 3. The molecule has 0 aromatic carbocycles. The van der Waals surface area contributed by atoms with Crippen molar-refractivity contribution in [1.29, 1.82) is 0 Å². The maximum Gasteiger partial charge on any atom is 0.278 e. The molecular weight excluding hydrogens is 661 g/mol. The lowest BCUT2D eigenvalue weighted by Crippen LogP contribution is -2.39. The highest BCUT2D eigenvalue weighted by Crippen LogP contribution is 2.45. The highest BCUT2D eigenvalue weighted by molar-refractivity contribution is 6.00. The van der Waals surface area contributed by atoms with Crippen LogP contribution in [0.15, 0.2) is 72.4 Å². The van der Waals surface area contributed by atoms with Gasteiger partial charge in [-0.3, -0.25) is 29.6 Å². The lowest BCUT2D eigenvalue weighted by atomic mass is 9.75. The quantitative estimate of drug-likeness (QED) is 0.180. The number of hydrogen-bond acceptors (Lipinski definition) is 7. The number of ketones is 2. The summed E-state index contributed by atoms with van der Waals surface area (Å²) in [6.07, 6.45) is 1.89. The zero-order valence-corrected chi connectivity index (χ0v) is 37.3. The maximum absolute atomic E-state index is 12.2. The van der Waals surface area contributed by atoms with Gasteiger partial charge in [0.05, 0.1) is 5.70 Å². The molecule has 2 aliphatic rings. The summed E-state index contributed by atoms with van der Waals surface area (Å²) in [7, 11) is 0. The number of amides is 1. The molecule has 0 saturated carbocycles. The summed E-state index contributed by atoms with van der Waals surface area (Å²) in [5, 5.41) is 17.9. The van der Waals surface area contributed by atoms with Crippen molar-refractivity contribution in [2.24, 2.45) is 32.5 Å². The Kier molecular flexibility index (Phi) is 16.7. The van der Waals surface area contributed by atoms with Crippen LogP contribution in [0.25, 0.3) is 0 Å². The average Bonchev–Trinajstić information content (AvgIpc) is 3.53. The predicted molar refractivity (Wildman–Crippen MR) is 223 cm³/mol. The number of allylic oxidation sites excluding steroid dienone is 4. The van der Waals surface area contributed by atoms with E-state index in [-0.39, 0.29) is 50.0 Å². The molecule has 0 aliphatic carbocycles. The zero-order chi connectivity index (χ0) is 42.5. The van der Waals surface area contributed by atoms with Crippen molar-refractivity contribution < 1.29 is 19.6 Å². The van der Waals surface area contributed by atoms with Crippen molar-refractivity contribution in [2.45, 2.75) is 144 Å². The number of nitrogens with zero attached hydrogens (tertiary/aromatic N) is 3. The Morgan fingerprint density at radius 2 is 1.06 bits per heavy atom. The third-order valence-corrected chi connectivity index (χ3v) is 9.30. The summed E-state index contributed by atoms with van der Waals surface area (Å²) in [4.78, 5) is 35.9. The number of nitrogens with one attached hydrogen (secondary N) is 1. The molecule has 0 spiro atoms. The van der Waals surface area contributed by atoms with E-state index in [4.69, 9.17) is 0 Å². The van der Waals surface area contributed by atoms with Crippen molar-refractivity contribution in [2.75, 3.05) is 19.6 Å². The van der Waals surface area contributed by atoms with Gasteiger partial charge in [0.1, 0.15) is 11.6 Å². The zero-order valence-electron chi connectivity index (χ0n) is 37.3. The monoisotopic (exact) mass is 739 g/mol. The summed E-state index contributed by atoms with van der Waals surface area (Å²) >= 11 is 0. The molecule has 0 aromatic rings. The SMILES string of the molecule is C=C(CC(=O)C(C)(C)C)N1CCCN1C(=C)C(C)(C)C.C=C(CC(=O)C(C)(C)C)NCC(=C)C(C)(C)C.C=C1C(C(C)(C)C)=C(C(C)(C)C)C(=O)N1O. The van der Waals surface area contributed by atoms with E-state index in [1.165, 1.54) is 0 Å². The van der Waals surface area contributed by atoms with Crippen LogP contribution in [0.2, 0.25) is 0 Å². The fraction of sp³-hybridized carbons (Fsp3) is 0.667. The van der Waals surface area contributed by atoms with Gasteiger partial charge in [0.25, 0.3) is 5.91 Å².